The van der Waals surface area contributed by atoms with E-state index in [1.807, 2.05) is 12.2 Å². The summed E-state index contributed by atoms with van der Waals surface area (Å²) in [6.45, 7) is 13.6. The molecule has 0 saturated heterocycles. The van der Waals surface area contributed by atoms with Crippen molar-refractivity contribution < 1.29 is 21.7 Å². The Labute approximate surface area is 142 Å². The molecular formula is C18H31PTi. The smallest absolute Gasteiger partial charge is 0.0616 e. The molecule has 0 fully saturated rings. The maximum Gasteiger partial charge on any atom is 0.0616 e. The van der Waals surface area contributed by atoms with E-state index in [1.54, 1.807) is 0 Å². The van der Waals surface area contributed by atoms with Crippen LogP contribution in [0.25, 0.3) is 0 Å². The van der Waals surface area contributed by atoms with Crippen LogP contribution >= 0.6 is 7.26 Å². The van der Waals surface area contributed by atoms with E-state index in [0.717, 1.165) is 6.42 Å². The average molecular weight is 326 g/mol. The molecule has 0 bridgehead atoms. The number of hydrogen-bond donors (Lipinski definition) is 0. The van der Waals surface area contributed by atoms with Gasteiger partial charge in [-0.3, -0.25) is 6.08 Å². The first-order chi connectivity index (χ1) is 8.99. The Morgan fingerprint density at radius 1 is 1.10 bits per heavy atom. The predicted octanol–water partition coefficient (Wildman–Crippen LogP) is 6.24. The summed E-state index contributed by atoms with van der Waals surface area (Å²) in [7, 11) is -0.758. The fourth-order valence-electron chi connectivity index (χ4n) is 2.21. The molecule has 1 rings (SSSR count). The van der Waals surface area contributed by atoms with Crippen LogP contribution in [0, 0.1) is 6.08 Å². The van der Waals surface area contributed by atoms with Gasteiger partial charge in [-0.15, -0.1) is 6.42 Å². The molecule has 0 aliphatic heterocycles. The van der Waals surface area contributed by atoms with Crippen molar-refractivity contribution in [1.82, 2.24) is 0 Å². The van der Waals surface area contributed by atoms with Gasteiger partial charge in [-0.1, -0.05) is 11.6 Å². The van der Waals surface area contributed by atoms with Crippen molar-refractivity contribution in [3.05, 3.63) is 47.3 Å². The van der Waals surface area contributed by atoms with Crippen molar-refractivity contribution in [3.63, 3.8) is 0 Å². The van der Waals surface area contributed by atoms with Crippen LogP contribution in [0.2, 0.25) is 0 Å². The van der Waals surface area contributed by atoms with E-state index in [2.05, 4.69) is 65.6 Å². The van der Waals surface area contributed by atoms with Gasteiger partial charge in [-0.2, -0.15) is 6.08 Å². The van der Waals surface area contributed by atoms with Crippen LogP contribution in [0.1, 0.15) is 48.0 Å². The Bertz CT molecular complexity index is 335. The Hall–Kier alpha value is 0.104. The molecule has 0 aromatic rings. The number of hydrogen-bond acceptors (Lipinski definition) is 0. The zero-order valence-electron chi connectivity index (χ0n) is 14.2. The number of allylic oxidation sites excluding steroid dienone is 7. The molecule has 0 amide bonds. The first-order valence-electron chi connectivity index (χ1n) is 7.41. The van der Waals surface area contributed by atoms with Gasteiger partial charge in [0.05, 0.1) is 24.3 Å². The molecule has 0 heterocycles. The Balaban J connectivity index is 0. The second-order valence-corrected chi connectivity index (χ2v) is 9.86. The summed E-state index contributed by atoms with van der Waals surface area (Å²) >= 11 is 0. The van der Waals surface area contributed by atoms with E-state index in [-0.39, 0.29) is 21.7 Å². The third-order valence-electron chi connectivity index (χ3n) is 3.47. The Morgan fingerprint density at radius 2 is 1.65 bits per heavy atom. The Kier molecular flexibility index (Phi) is 14.3. The molecule has 0 aromatic carbocycles. The molecule has 1 aliphatic carbocycles. The maximum absolute atomic E-state index is 2.99. The van der Waals surface area contributed by atoms with E-state index in [4.69, 9.17) is 0 Å². The molecule has 0 saturated carbocycles. The van der Waals surface area contributed by atoms with Crippen molar-refractivity contribution in [2.75, 3.05) is 18.5 Å². The molecule has 0 nitrogen and oxygen atoms in total. The molecule has 0 aromatic heterocycles. The molecule has 2 heteroatoms. The minimum absolute atomic E-state index is 0. The van der Waals surface area contributed by atoms with Gasteiger partial charge in [-0.05, 0) is 47.1 Å². The molecule has 0 spiro atoms. The van der Waals surface area contributed by atoms with Crippen LogP contribution < -0.4 is 0 Å². The summed E-state index contributed by atoms with van der Waals surface area (Å²) in [4.78, 5) is 0. The summed E-state index contributed by atoms with van der Waals surface area (Å²) in [6, 6.07) is 0. The van der Waals surface area contributed by atoms with E-state index in [9.17, 15) is 0 Å². The molecular weight excluding hydrogens is 295 g/mol. The zero-order chi connectivity index (χ0) is 14.7. The molecule has 0 atom stereocenters. The fraction of sp³-hybridized carbons (Fsp3) is 0.556. The van der Waals surface area contributed by atoms with E-state index >= 15 is 0 Å². The van der Waals surface area contributed by atoms with Gasteiger partial charge in [0.15, 0.2) is 0 Å². The van der Waals surface area contributed by atoms with E-state index in [0.29, 0.717) is 0 Å². The number of rotatable bonds is 5. The van der Waals surface area contributed by atoms with Gasteiger partial charge in [0, 0.05) is 29.0 Å². The van der Waals surface area contributed by atoms with Gasteiger partial charge in [-0.25, -0.2) is 12.2 Å². The topological polar surface area (TPSA) is 0 Å². The molecule has 0 radical (unpaired) electrons. The minimum atomic E-state index is -0.758. The maximum atomic E-state index is 2.99. The molecule has 0 unspecified atom stereocenters. The summed E-state index contributed by atoms with van der Waals surface area (Å²) in [6.07, 6.45) is 16.4. The quantitative estimate of drug-likeness (QED) is 0.243. The van der Waals surface area contributed by atoms with Crippen molar-refractivity contribution >= 4 is 7.26 Å². The average Bonchev–Trinajstić information content (AvgIpc) is 2.94. The normalized spacial score (nSPS) is 13.4. The third kappa shape index (κ3) is 9.92. The summed E-state index contributed by atoms with van der Waals surface area (Å²) in [5, 5.41) is 0. The molecule has 112 valence electrons. The molecule has 1 aliphatic rings. The third-order valence-corrected chi connectivity index (χ3v) is 8.20. The summed E-state index contributed by atoms with van der Waals surface area (Å²) in [5.74, 6) is 2.57. The van der Waals surface area contributed by atoms with E-state index in [1.165, 1.54) is 29.6 Å². The van der Waals surface area contributed by atoms with Crippen LogP contribution in [0.4, 0.5) is 0 Å². The Morgan fingerprint density at radius 3 is 1.90 bits per heavy atom. The van der Waals surface area contributed by atoms with Gasteiger partial charge < -0.3 is 0 Å². The predicted molar refractivity (Wildman–Crippen MR) is 93.3 cm³/mol. The first kappa shape index (κ1) is 22.4. The van der Waals surface area contributed by atoms with Gasteiger partial charge in [0.25, 0.3) is 0 Å². The monoisotopic (exact) mass is 326 g/mol. The largest absolute Gasteiger partial charge is 0.273 e. The first-order valence-corrected chi connectivity index (χ1v) is 9.83. The van der Waals surface area contributed by atoms with Crippen LogP contribution in [-0.2, 0) is 21.7 Å². The molecule has 0 N–H and O–H groups in total. The molecule has 20 heavy (non-hydrogen) atoms. The SMILES string of the molecule is CC[P+](C=C(C)C=C(C)C)(CC)CC.[C-]1=CC=CC1.[Ti]. The van der Waals surface area contributed by atoms with Crippen molar-refractivity contribution in [1.29, 1.82) is 0 Å². The summed E-state index contributed by atoms with van der Waals surface area (Å²) in [5.41, 5.74) is 2.86. The second kappa shape index (κ2) is 12.8. The van der Waals surface area contributed by atoms with Crippen molar-refractivity contribution in [2.45, 2.75) is 48.0 Å². The second-order valence-electron chi connectivity index (χ2n) is 5.27. The van der Waals surface area contributed by atoms with Gasteiger partial charge in [0.1, 0.15) is 0 Å². The van der Waals surface area contributed by atoms with Crippen LogP contribution in [0.3, 0.4) is 0 Å². The minimum Gasteiger partial charge on any atom is -0.273 e. The van der Waals surface area contributed by atoms with Crippen LogP contribution in [-0.4, -0.2) is 18.5 Å². The van der Waals surface area contributed by atoms with Crippen molar-refractivity contribution in [2.24, 2.45) is 0 Å². The zero-order valence-corrected chi connectivity index (χ0v) is 16.6. The standard InChI is InChI=1S/C13H26P.C5H5.Ti/c1-7-14(8-2,9-3)11-13(6)10-12(4)5;1-2-4-5-3-1;/h10-11H,7-9H2,1-6H3;1-3H,4H2;/q+1;-1;. The van der Waals surface area contributed by atoms with Gasteiger partial charge in [0.2, 0.25) is 0 Å². The summed E-state index contributed by atoms with van der Waals surface area (Å²) < 4.78 is 0. The van der Waals surface area contributed by atoms with Crippen LogP contribution in [0.5, 0.6) is 0 Å². The van der Waals surface area contributed by atoms with Gasteiger partial charge >= 0.3 is 0 Å². The van der Waals surface area contributed by atoms with E-state index < -0.39 is 7.26 Å². The van der Waals surface area contributed by atoms with Crippen molar-refractivity contribution in [3.8, 4) is 0 Å². The van der Waals surface area contributed by atoms with Crippen LogP contribution in [0.15, 0.2) is 41.3 Å². The fourth-order valence-corrected chi connectivity index (χ4v) is 5.04.